The van der Waals surface area contributed by atoms with Crippen molar-refractivity contribution in [3.8, 4) is 0 Å². The Morgan fingerprint density at radius 1 is 1.15 bits per heavy atom. The number of carbonyl (C=O) groups excluding carboxylic acids is 2. The molecule has 2 heterocycles. The van der Waals surface area contributed by atoms with E-state index in [1.54, 1.807) is 23.2 Å². The number of anilines is 1. The van der Waals surface area contributed by atoms with Crippen LogP contribution >= 0.6 is 0 Å². The van der Waals surface area contributed by atoms with Gasteiger partial charge in [0.15, 0.2) is 0 Å². The summed E-state index contributed by atoms with van der Waals surface area (Å²) < 4.78 is 0. The summed E-state index contributed by atoms with van der Waals surface area (Å²) >= 11 is 0. The summed E-state index contributed by atoms with van der Waals surface area (Å²) in [6.45, 7) is 3.69. The summed E-state index contributed by atoms with van der Waals surface area (Å²) in [7, 11) is 0. The maximum atomic E-state index is 13.0. The van der Waals surface area contributed by atoms with Crippen molar-refractivity contribution in [2.45, 2.75) is 38.4 Å². The molecule has 0 spiro atoms. The Hall–Kier alpha value is -2.84. The van der Waals surface area contributed by atoms with Crippen molar-refractivity contribution >= 4 is 23.2 Å². The second-order valence-corrected chi connectivity index (χ2v) is 8.03. The Morgan fingerprint density at radius 2 is 1.81 bits per heavy atom. The van der Waals surface area contributed by atoms with Crippen LogP contribution in [0.1, 0.15) is 20.3 Å². The fraction of sp³-hybridized carbons (Fsp3) is 0.556. The Kier molecular flexibility index (Phi) is 3.23. The third-order valence-corrected chi connectivity index (χ3v) is 6.53. The highest BCUT2D eigenvalue weighted by molar-refractivity contribution is 6.06. The van der Waals surface area contributed by atoms with Gasteiger partial charge < -0.3 is 0 Å². The van der Waals surface area contributed by atoms with E-state index < -0.39 is 4.92 Å². The van der Waals surface area contributed by atoms with Gasteiger partial charge in [-0.2, -0.15) is 5.11 Å². The molecule has 1 aromatic carbocycles. The second kappa shape index (κ2) is 5.34. The molecule has 9 nitrogen and oxygen atoms in total. The van der Waals surface area contributed by atoms with Crippen molar-refractivity contribution in [3.63, 3.8) is 0 Å². The van der Waals surface area contributed by atoms with Crippen molar-refractivity contribution < 1.29 is 14.5 Å². The molecule has 2 aliphatic heterocycles. The Bertz CT molecular complexity index is 899. The first-order valence-electron chi connectivity index (χ1n) is 9.22. The fourth-order valence-corrected chi connectivity index (χ4v) is 5.64. The van der Waals surface area contributed by atoms with Crippen LogP contribution in [0.4, 0.5) is 11.4 Å². The Morgan fingerprint density at radius 3 is 2.48 bits per heavy atom. The van der Waals surface area contributed by atoms with E-state index in [9.17, 15) is 19.7 Å². The van der Waals surface area contributed by atoms with Crippen LogP contribution in [0.25, 0.3) is 0 Å². The first-order valence-corrected chi connectivity index (χ1v) is 9.22. The second-order valence-electron chi connectivity index (χ2n) is 8.03. The zero-order valence-corrected chi connectivity index (χ0v) is 14.9. The fourth-order valence-electron chi connectivity index (χ4n) is 5.64. The van der Waals surface area contributed by atoms with Gasteiger partial charge in [0.2, 0.25) is 11.8 Å². The minimum Gasteiger partial charge on any atom is -0.280 e. The molecule has 2 aliphatic carbocycles. The zero-order valence-electron chi connectivity index (χ0n) is 14.9. The maximum absolute atomic E-state index is 13.0. The summed E-state index contributed by atoms with van der Waals surface area (Å²) in [6, 6.07) is 5.88. The lowest BCUT2D eigenvalue weighted by Crippen LogP contribution is -2.47. The van der Waals surface area contributed by atoms with Crippen LogP contribution in [-0.2, 0) is 9.59 Å². The largest absolute Gasteiger partial charge is 0.294 e. The van der Waals surface area contributed by atoms with Gasteiger partial charge in [0.25, 0.3) is 5.69 Å². The number of amides is 2. The number of imide groups is 1. The number of hydrogen-bond donors (Lipinski definition) is 0. The molecule has 0 radical (unpaired) electrons. The number of nitrogens with zero attached hydrogens (tertiary/aromatic N) is 5. The smallest absolute Gasteiger partial charge is 0.280 e. The van der Waals surface area contributed by atoms with E-state index in [1.165, 1.54) is 11.0 Å². The molecule has 27 heavy (non-hydrogen) atoms. The SMILES string of the molecule is CC(C)N1C(=O)[C@H]2[C@H]3C[C@@H]([C@@H]2C1=O)[C@@H]1[C@@H]3N=NN1c1ccccc1[N+](=O)[O-]. The third kappa shape index (κ3) is 1.94. The van der Waals surface area contributed by atoms with Gasteiger partial charge in [-0.3, -0.25) is 24.6 Å². The lowest BCUT2D eigenvalue weighted by Gasteiger charge is -2.33. The standard InChI is InChI=1S/C18H19N5O4/c1-8(2)21-17(24)13-9-7-10(14(13)18(21)25)16-15(9)19-20-22(16)11-5-3-4-6-12(11)23(26)27/h3-6,8-10,13-16H,7H2,1-2H3/t9-,10+,13+,14+,15-,16-/m1/s1. The number of likely N-dealkylation sites (tertiary alicyclic amines) is 1. The first-order chi connectivity index (χ1) is 12.9. The quantitative estimate of drug-likeness (QED) is 0.461. The molecule has 9 heteroatoms. The molecule has 0 N–H and O–H groups in total. The molecule has 3 fully saturated rings. The van der Waals surface area contributed by atoms with Crippen LogP contribution in [0, 0.1) is 33.8 Å². The molecule has 6 atom stereocenters. The van der Waals surface area contributed by atoms with Gasteiger partial charge in [0, 0.05) is 12.1 Å². The molecule has 0 aromatic heterocycles. The van der Waals surface area contributed by atoms with E-state index >= 15 is 0 Å². The van der Waals surface area contributed by atoms with Crippen molar-refractivity contribution in [2.75, 3.05) is 5.01 Å². The number of hydrogen-bond acceptors (Lipinski definition) is 7. The average molecular weight is 369 g/mol. The highest BCUT2D eigenvalue weighted by Crippen LogP contribution is 2.60. The topological polar surface area (TPSA) is 108 Å². The van der Waals surface area contributed by atoms with E-state index in [2.05, 4.69) is 10.3 Å². The van der Waals surface area contributed by atoms with Gasteiger partial charge >= 0.3 is 0 Å². The van der Waals surface area contributed by atoms with E-state index in [-0.39, 0.29) is 59.3 Å². The summed E-state index contributed by atoms with van der Waals surface area (Å²) in [5.74, 6) is -0.983. The molecule has 2 saturated carbocycles. The third-order valence-electron chi connectivity index (χ3n) is 6.53. The molecule has 0 unspecified atom stereocenters. The van der Waals surface area contributed by atoms with E-state index in [1.807, 2.05) is 13.8 Å². The van der Waals surface area contributed by atoms with Crippen LogP contribution in [0.3, 0.4) is 0 Å². The summed E-state index contributed by atoms with van der Waals surface area (Å²) in [5.41, 5.74) is 0.356. The number of nitro benzene ring substituents is 1. The Labute approximate surface area is 155 Å². The monoisotopic (exact) mass is 369 g/mol. The van der Waals surface area contributed by atoms with E-state index in [0.29, 0.717) is 5.69 Å². The van der Waals surface area contributed by atoms with Crippen LogP contribution in [0.2, 0.25) is 0 Å². The predicted molar refractivity (Wildman–Crippen MR) is 93.6 cm³/mol. The number of para-hydroxylation sites is 2. The minimum absolute atomic E-state index is 0.0262. The normalized spacial score (nSPS) is 36.1. The van der Waals surface area contributed by atoms with Gasteiger partial charge in [-0.1, -0.05) is 17.4 Å². The van der Waals surface area contributed by atoms with Crippen molar-refractivity contribution in [1.82, 2.24) is 4.90 Å². The van der Waals surface area contributed by atoms with Crippen molar-refractivity contribution in [3.05, 3.63) is 34.4 Å². The summed E-state index contributed by atoms with van der Waals surface area (Å²) in [4.78, 5) is 38.2. The molecule has 1 aromatic rings. The lowest BCUT2D eigenvalue weighted by molar-refractivity contribution is -0.384. The summed E-state index contributed by atoms with van der Waals surface area (Å²) in [6.07, 6.45) is 0.740. The predicted octanol–water partition coefficient (Wildman–Crippen LogP) is 2.18. The van der Waals surface area contributed by atoms with Gasteiger partial charge in [0.1, 0.15) is 5.69 Å². The van der Waals surface area contributed by atoms with Gasteiger partial charge in [-0.25, -0.2) is 5.01 Å². The molecule has 5 rings (SSSR count). The zero-order chi connectivity index (χ0) is 19.0. The molecule has 2 amide bonds. The van der Waals surface area contributed by atoms with Crippen LogP contribution in [0.15, 0.2) is 34.6 Å². The van der Waals surface area contributed by atoms with Gasteiger partial charge in [-0.15, -0.1) is 0 Å². The van der Waals surface area contributed by atoms with Gasteiger partial charge in [0.05, 0.1) is 28.8 Å². The molecule has 140 valence electrons. The maximum Gasteiger partial charge on any atom is 0.294 e. The van der Waals surface area contributed by atoms with Crippen molar-refractivity contribution in [2.24, 2.45) is 34.0 Å². The van der Waals surface area contributed by atoms with Gasteiger partial charge in [-0.05, 0) is 38.2 Å². The van der Waals surface area contributed by atoms with Crippen LogP contribution in [-0.4, -0.2) is 39.8 Å². The molecule has 2 bridgehead atoms. The van der Waals surface area contributed by atoms with Crippen molar-refractivity contribution in [1.29, 1.82) is 0 Å². The average Bonchev–Trinajstić information content (AvgIpc) is 3.34. The molecular formula is C18H19N5O4. The van der Waals surface area contributed by atoms with Crippen LogP contribution in [0.5, 0.6) is 0 Å². The Balaban J connectivity index is 1.53. The number of nitro groups is 1. The number of rotatable bonds is 3. The van der Waals surface area contributed by atoms with Crippen LogP contribution < -0.4 is 5.01 Å². The lowest BCUT2D eigenvalue weighted by atomic mass is 9.76. The number of carbonyl (C=O) groups is 2. The first kappa shape index (κ1) is 16.3. The van der Waals surface area contributed by atoms with E-state index in [4.69, 9.17) is 0 Å². The summed E-state index contributed by atoms with van der Waals surface area (Å²) in [5, 5.41) is 21.6. The minimum atomic E-state index is -0.432. The highest BCUT2D eigenvalue weighted by Gasteiger charge is 2.70. The van der Waals surface area contributed by atoms with E-state index in [0.717, 1.165) is 6.42 Å². The number of benzene rings is 1. The molecular weight excluding hydrogens is 350 g/mol. The molecule has 1 saturated heterocycles. The highest BCUT2D eigenvalue weighted by atomic mass is 16.6. The number of fused-ring (bicyclic) bond motifs is 8. The molecule has 4 aliphatic rings.